The van der Waals surface area contributed by atoms with Crippen LogP contribution in [0.2, 0.25) is 5.02 Å². The molecule has 0 aromatic heterocycles. The van der Waals surface area contributed by atoms with Crippen molar-refractivity contribution in [3.63, 3.8) is 0 Å². The third kappa shape index (κ3) is 4.34. The zero-order valence-electron chi connectivity index (χ0n) is 19.5. The van der Waals surface area contributed by atoms with Gasteiger partial charge in [-0.15, -0.1) is 0 Å². The minimum absolute atomic E-state index is 0.181. The van der Waals surface area contributed by atoms with Gasteiger partial charge in [-0.25, -0.2) is 4.39 Å². The van der Waals surface area contributed by atoms with Crippen molar-refractivity contribution in [2.45, 2.75) is 52.4 Å². The molecule has 0 radical (unpaired) electrons. The van der Waals surface area contributed by atoms with Gasteiger partial charge in [0.2, 0.25) is 11.4 Å². The first-order chi connectivity index (χ1) is 14.9. The van der Waals surface area contributed by atoms with E-state index in [1.54, 1.807) is 12.1 Å². The average Bonchev–Trinajstić information content (AvgIpc) is 2.86. The maximum Gasteiger partial charge on any atom is 0.232 e. The van der Waals surface area contributed by atoms with E-state index in [2.05, 4.69) is 55.8 Å². The van der Waals surface area contributed by atoms with Crippen molar-refractivity contribution >= 4 is 28.7 Å². The van der Waals surface area contributed by atoms with Crippen LogP contribution in [0.5, 0.6) is 0 Å². The monoisotopic (exact) mass is 445 g/mol. The number of fused-ring (bicyclic) bond motifs is 3. The molecule has 3 unspecified atom stereocenters. The second-order valence-electron chi connectivity index (χ2n) is 9.75. The summed E-state index contributed by atoms with van der Waals surface area (Å²) >= 11 is 6.19. The average molecular weight is 446 g/mol. The van der Waals surface area contributed by atoms with Gasteiger partial charge in [0.25, 0.3) is 0 Å². The second-order valence-corrected chi connectivity index (χ2v) is 10.2. The van der Waals surface area contributed by atoms with Crippen LogP contribution in [0.15, 0.2) is 36.2 Å². The first-order valence-corrected chi connectivity index (χ1v) is 12.4. The molecule has 1 aromatic rings. The van der Waals surface area contributed by atoms with E-state index >= 15 is 0 Å². The van der Waals surface area contributed by atoms with Crippen molar-refractivity contribution in [1.29, 1.82) is 0 Å². The Bertz CT molecular complexity index is 935. The summed E-state index contributed by atoms with van der Waals surface area (Å²) in [5.74, 6) is 0.568. The summed E-state index contributed by atoms with van der Waals surface area (Å²) in [6, 6.07) is 3.38. The fourth-order valence-corrected chi connectivity index (χ4v) is 5.67. The summed E-state index contributed by atoms with van der Waals surface area (Å²) in [6.45, 7) is 8.27. The van der Waals surface area contributed by atoms with Crippen molar-refractivity contribution < 1.29 is 13.4 Å². The molecule has 3 nitrogen and oxygen atoms in total. The molecule has 1 fully saturated rings. The Morgan fingerprint density at radius 3 is 2.65 bits per heavy atom. The molecule has 0 bridgehead atoms. The highest BCUT2D eigenvalue weighted by molar-refractivity contribution is 6.31. The molecule has 0 amide bonds. The van der Waals surface area contributed by atoms with Gasteiger partial charge in [-0.05, 0) is 63.5 Å². The lowest BCUT2D eigenvalue weighted by molar-refractivity contribution is -0.908. The number of nitrogens with zero attached hydrogens (tertiary/aromatic N) is 3. The Hall–Kier alpha value is -1.65. The van der Waals surface area contributed by atoms with Crippen molar-refractivity contribution in [2.24, 2.45) is 11.8 Å². The molecule has 5 heteroatoms. The number of anilines is 1. The fraction of sp³-hybridized carbons (Fsp3) is 0.577. The number of hydrogen-bond acceptors (Lipinski definition) is 1. The maximum atomic E-state index is 14.5. The van der Waals surface area contributed by atoms with Crippen molar-refractivity contribution in [3.05, 3.63) is 47.0 Å². The molecule has 0 saturated carbocycles. The summed E-state index contributed by atoms with van der Waals surface area (Å²) in [5.41, 5.74) is 4.49. The van der Waals surface area contributed by atoms with Gasteiger partial charge in [-0.2, -0.15) is 4.58 Å². The summed E-state index contributed by atoms with van der Waals surface area (Å²) in [6.07, 6.45) is 14.0. The lowest BCUT2D eigenvalue weighted by Gasteiger charge is -2.35. The lowest BCUT2D eigenvalue weighted by Crippen LogP contribution is -2.45. The van der Waals surface area contributed by atoms with E-state index in [1.807, 2.05) is 0 Å². The van der Waals surface area contributed by atoms with Crippen LogP contribution >= 0.6 is 11.6 Å². The lowest BCUT2D eigenvalue weighted by atomic mass is 9.86. The van der Waals surface area contributed by atoms with Gasteiger partial charge >= 0.3 is 0 Å². The normalized spacial score (nSPS) is 29.0. The highest BCUT2D eigenvalue weighted by atomic mass is 35.5. The smallest absolute Gasteiger partial charge is 0.232 e. The second kappa shape index (κ2) is 9.07. The summed E-state index contributed by atoms with van der Waals surface area (Å²) < 4.78 is 17.9. The van der Waals surface area contributed by atoms with E-state index < -0.39 is 0 Å². The molecule has 1 aromatic carbocycles. The Kier molecular flexibility index (Phi) is 6.60. The van der Waals surface area contributed by atoms with Crippen LogP contribution in [-0.2, 0) is 0 Å². The standard InChI is InChI=1S/C26H37ClFN3/c1-5-19-12-13-30-24-17-21(27)22(28)18-23(24)29(3)26(25(30)16-19)20-10-7-8-14-31(4,6-2)15-9-11-20/h12-13,16-20H,5-11,14-15H2,1-4H3/q+2. The first-order valence-electron chi connectivity index (χ1n) is 12.0. The van der Waals surface area contributed by atoms with Crippen LogP contribution in [0.3, 0.4) is 0 Å². The molecular formula is C26H37ClFN3+2. The van der Waals surface area contributed by atoms with Gasteiger partial charge in [-0.3, -0.25) is 0 Å². The summed E-state index contributed by atoms with van der Waals surface area (Å²) in [5, 5.41) is 0.181. The Balaban J connectivity index is 1.78. The Morgan fingerprint density at radius 1 is 1.16 bits per heavy atom. The molecule has 31 heavy (non-hydrogen) atoms. The number of hydrogen-bond donors (Lipinski definition) is 0. The van der Waals surface area contributed by atoms with E-state index in [0.717, 1.165) is 17.8 Å². The molecule has 3 aliphatic heterocycles. The number of halogens is 2. The molecule has 3 atom stereocenters. The third-order valence-electron chi connectivity index (χ3n) is 7.75. The molecule has 3 aliphatic rings. The first kappa shape index (κ1) is 22.5. The third-order valence-corrected chi connectivity index (χ3v) is 8.04. The topological polar surface area (TPSA) is 6.25 Å². The van der Waals surface area contributed by atoms with Gasteiger partial charge in [0.05, 0.1) is 31.7 Å². The predicted molar refractivity (Wildman–Crippen MR) is 129 cm³/mol. The Labute approximate surface area is 192 Å². The highest BCUT2D eigenvalue weighted by Gasteiger charge is 2.40. The molecule has 3 heterocycles. The highest BCUT2D eigenvalue weighted by Crippen LogP contribution is 2.43. The zero-order valence-corrected chi connectivity index (χ0v) is 20.3. The molecule has 0 spiro atoms. The fourth-order valence-electron chi connectivity index (χ4n) is 5.51. The van der Waals surface area contributed by atoms with Crippen LogP contribution < -0.4 is 4.90 Å². The zero-order chi connectivity index (χ0) is 22.2. The van der Waals surface area contributed by atoms with Crippen LogP contribution in [0.4, 0.5) is 15.8 Å². The minimum Gasteiger partial charge on any atom is -0.326 e. The number of quaternary nitrogens is 1. The number of benzene rings is 1. The van der Waals surface area contributed by atoms with Gasteiger partial charge in [0.15, 0.2) is 0 Å². The van der Waals surface area contributed by atoms with E-state index in [4.69, 9.17) is 11.6 Å². The van der Waals surface area contributed by atoms with E-state index in [0.29, 0.717) is 11.8 Å². The van der Waals surface area contributed by atoms with Crippen LogP contribution in [0.1, 0.15) is 52.4 Å². The molecule has 1 saturated heterocycles. The largest absolute Gasteiger partial charge is 0.326 e. The van der Waals surface area contributed by atoms with Gasteiger partial charge in [-0.1, -0.05) is 24.6 Å². The molecule has 0 aliphatic carbocycles. The summed E-state index contributed by atoms with van der Waals surface area (Å²) in [4.78, 5) is 2.24. The van der Waals surface area contributed by atoms with Crippen molar-refractivity contribution in [2.75, 3.05) is 38.6 Å². The molecule has 168 valence electrons. The molecule has 0 N–H and O–H groups in total. The van der Waals surface area contributed by atoms with Gasteiger partial charge in [0.1, 0.15) is 24.2 Å². The van der Waals surface area contributed by atoms with E-state index in [9.17, 15) is 4.39 Å². The van der Waals surface area contributed by atoms with E-state index in [1.165, 1.54) is 67.6 Å². The number of rotatable bonds is 3. The minimum atomic E-state index is -0.350. The van der Waals surface area contributed by atoms with Crippen LogP contribution in [-0.4, -0.2) is 48.5 Å². The van der Waals surface area contributed by atoms with Gasteiger partial charge < -0.3 is 9.38 Å². The Morgan fingerprint density at radius 2 is 1.90 bits per heavy atom. The van der Waals surface area contributed by atoms with E-state index in [-0.39, 0.29) is 10.8 Å². The van der Waals surface area contributed by atoms with Crippen LogP contribution in [0, 0.1) is 17.7 Å². The quantitative estimate of drug-likeness (QED) is 0.380. The number of allylic oxidation sites excluding steroid dienone is 3. The van der Waals surface area contributed by atoms with Gasteiger partial charge in [0, 0.05) is 18.2 Å². The predicted octanol–water partition coefficient (Wildman–Crippen LogP) is 6.50. The summed E-state index contributed by atoms with van der Waals surface area (Å²) in [7, 11) is 4.52. The molecular weight excluding hydrogens is 409 g/mol. The SMILES string of the molecule is CCC1C=CN2C(=C1)C(C1CCCC[N+](C)(CC)CCC1)=[N+](C)c1cc(F)c(Cl)cc12. The maximum absolute atomic E-state index is 14.5. The molecule has 4 rings (SSSR count). The van der Waals surface area contributed by atoms with Crippen LogP contribution in [0.25, 0.3) is 0 Å². The van der Waals surface area contributed by atoms with Crippen molar-refractivity contribution in [3.8, 4) is 0 Å². The van der Waals surface area contributed by atoms with Crippen molar-refractivity contribution in [1.82, 2.24) is 0 Å².